The molecule has 2 heterocycles. The van der Waals surface area contributed by atoms with Crippen LogP contribution in [-0.4, -0.2) is 39.4 Å². The number of nitrogens with zero attached hydrogens (tertiary/aromatic N) is 3. The van der Waals surface area contributed by atoms with Gasteiger partial charge in [0.1, 0.15) is 6.10 Å². The van der Waals surface area contributed by atoms with Crippen LogP contribution in [0.1, 0.15) is 62.1 Å². The van der Waals surface area contributed by atoms with Gasteiger partial charge < -0.3 is 14.8 Å². The van der Waals surface area contributed by atoms with Crippen molar-refractivity contribution in [1.29, 1.82) is 0 Å². The first-order valence-electron chi connectivity index (χ1n) is 11.0. The molecule has 31 heavy (non-hydrogen) atoms. The van der Waals surface area contributed by atoms with E-state index in [1.807, 2.05) is 48.9 Å². The molecular formula is C24H30N4O3. The molecule has 1 aromatic carbocycles. The first-order valence-corrected chi connectivity index (χ1v) is 11.0. The molecule has 0 bridgehead atoms. The molecule has 0 spiro atoms. The van der Waals surface area contributed by atoms with Crippen molar-refractivity contribution < 1.29 is 14.3 Å². The van der Waals surface area contributed by atoms with Crippen molar-refractivity contribution in [3.05, 3.63) is 47.8 Å². The molecule has 7 nitrogen and oxygen atoms in total. The number of carbonyl (C=O) groups excluding carboxylic acids is 1. The molecule has 1 fully saturated rings. The lowest BCUT2D eigenvalue weighted by Gasteiger charge is -2.23. The van der Waals surface area contributed by atoms with Crippen LogP contribution < -0.4 is 14.8 Å². The number of carbonyl (C=O) groups is 1. The zero-order chi connectivity index (χ0) is 22.0. The van der Waals surface area contributed by atoms with E-state index in [-0.39, 0.29) is 24.1 Å². The minimum absolute atomic E-state index is 0.0640. The molecule has 7 heteroatoms. The summed E-state index contributed by atoms with van der Waals surface area (Å²) in [6, 6.07) is 9.62. The highest BCUT2D eigenvalue weighted by atomic mass is 16.5. The third-order valence-corrected chi connectivity index (χ3v) is 5.62. The van der Waals surface area contributed by atoms with Crippen molar-refractivity contribution in [2.45, 2.75) is 65.1 Å². The van der Waals surface area contributed by atoms with Crippen molar-refractivity contribution in [3.8, 4) is 11.5 Å². The second-order valence-corrected chi connectivity index (χ2v) is 8.28. The van der Waals surface area contributed by atoms with Crippen molar-refractivity contribution in [1.82, 2.24) is 20.1 Å². The number of rotatable bonds is 7. The predicted molar refractivity (Wildman–Crippen MR) is 120 cm³/mol. The number of ether oxygens (including phenoxy) is 2. The highest BCUT2D eigenvalue weighted by Crippen LogP contribution is 2.32. The number of aromatic nitrogens is 3. The average molecular weight is 423 g/mol. The van der Waals surface area contributed by atoms with Crippen LogP contribution in [0.4, 0.5) is 0 Å². The Morgan fingerprint density at radius 1 is 1.26 bits per heavy atom. The van der Waals surface area contributed by atoms with Crippen LogP contribution in [0.5, 0.6) is 11.5 Å². The molecule has 0 unspecified atom stereocenters. The van der Waals surface area contributed by atoms with E-state index in [2.05, 4.69) is 29.2 Å². The van der Waals surface area contributed by atoms with E-state index < -0.39 is 0 Å². The van der Waals surface area contributed by atoms with Gasteiger partial charge in [0.2, 0.25) is 0 Å². The van der Waals surface area contributed by atoms with Crippen LogP contribution >= 0.6 is 0 Å². The number of aryl methyl sites for hydroxylation is 1. The summed E-state index contributed by atoms with van der Waals surface area (Å²) >= 11 is 0. The Balaban J connectivity index is 1.55. The monoisotopic (exact) mass is 422 g/mol. The zero-order valence-electron chi connectivity index (χ0n) is 18.6. The summed E-state index contributed by atoms with van der Waals surface area (Å²) in [4.78, 5) is 17.9. The van der Waals surface area contributed by atoms with Crippen LogP contribution in [0.2, 0.25) is 0 Å². The maximum Gasteiger partial charge on any atom is 0.252 e. The second kappa shape index (κ2) is 8.96. The van der Waals surface area contributed by atoms with Gasteiger partial charge in [0, 0.05) is 11.7 Å². The normalized spacial score (nSPS) is 18.5. The number of hydrogen-bond acceptors (Lipinski definition) is 5. The van der Waals surface area contributed by atoms with Gasteiger partial charge in [-0.1, -0.05) is 12.1 Å². The minimum atomic E-state index is -0.114. The Kier molecular flexibility index (Phi) is 6.11. The maximum absolute atomic E-state index is 13.3. The van der Waals surface area contributed by atoms with E-state index in [0.29, 0.717) is 12.2 Å². The summed E-state index contributed by atoms with van der Waals surface area (Å²) in [5, 5.41) is 8.42. The lowest BCUT2D eigenvalue weighted by Crippen LogP contribution is -2.42. The average Bonchev–Trinajstić information content (AvgIpc) is 3.36. The van der Waals surface area contributed by atoms with Gasteiger partial charge in [0.05, 0.1) is 29.8 Å². The fourth-order valence-corrected chi connectivity index (χ4v) is 4.17. The van der Waals surface area contributed by atoms with Gasteiger partial charge in [-0.05, 0) is 65.2 Å². The van der Waals surface area contributed by atoms with Crippen LogP contribution in [-0.2, 0) is 0 Å². The second-order valence-electron chi connectivity index (χ2n) is 8.28. The van der Waals surface area contributed by atoms with Gasteiger partial charge >= 0.3 is 0 Å². The van der Waals surface area contributed by atoms with E-state index in [0.717, 1.165) is 47.5 Å². The zero-order valence-corrected chi connectivity index (χ0v) is 18.6. The number of hydrogen-bond donors (Lipinski definition) is 1. The summed E-state index contributed by atoms with van der Waals surface area (Å²) < 4.78 is 13.8. The molecule has 3 aromatic rings. The molecule has 1 aliphatic rings. The summed E-state index contributed by atoms with van der Waals surface area (Å²) in [5.41, 5.74) is 2.14. The molecule has 1 saturated carbocycles. The predicted octanol–water partition coefficient (Wildman–Crippen LogP) is 4.45. The van der Waals surface area contributed by atoms with Crippen molar-refractivity contribution >= 4 is 16.9 Å². The Bertz CT molecular complexity index is 1080. The first-order chi connectivity index (χ1) is 15.0. The molecule has 1 aliphatic carbocycles. The lowest BCUT2D eigenvalue weighted by atomic mass is 10.1. The Morgan fingerprint density at radius 3 is 2.77 bits per heavy atom. The van der Waals surface area contributed by atoms with Crippen LogP contribution in [0, 0.1) is 6.92 Å². The van der Waals surface area contributed by atoms with E-state index in [4.69, 9.17) is 9.47 Å². The number of benzene rings is 1. The highest BCUT2D eigenvalue weighted by molar-refractivity contribution is 6.05. The third kappa shape index (κ3) is 4.36. The van der Waals surface area contributed by atoms with E-state index in [9.17, 15) is 4.79 Å². The van der Waals surface area contributed by atoms with Gasteiger partial charge in [-0.2, -0.15) is 5.10 Å². The number of pyridine rings is 1. The number of amides is 1. The molecule has 0 saturated heterocycles. The third-order valence-electron chi connectivity index (χ3n) is 5.62. The van der Waals surface area contributed by atoms with Crippen LogP contribution in [0.25, 0.3) is 11.0 Å². The molecule has 0 aliphatic heterocycles. The van der Waals surface area contributed by atoms with Gasteiger partial charge in [0.15, 0.2) is 17.1 Å². The van der Waals surface area contributed by atoms with Crippen LogP contribution in [0.15, 0.2) is 36.5 Å². The fraction of sp³-hybridized carbons (Fsp3) is 0.458. The summed E-state index contributed by atoms with van der Waals surface area (Å²) in [6.45, 7) is 8.54. The van der Waals surface area contributed by atoms with Crippen molar-refractivity contribution in [3.63, 3.8) is 0 Å². The van der Waals surface area contributed by atoms with E-state index in [1.165, 1.54) is 0 Å². The standard InChI is InChI=1S/C24H30N4O3/c1-5-30-21-10-6-7-11-22(21)31-20-12-8-9-19(20)27-24(29)17-13-16(4)26-23-18(17)14-25-28(23)15(2)3/h6-7,10-11,13-15,19-20H,5,8-9,12H2,1-4H3,(H,27,29)/t19-,20+/m1/s1. The van der Waals surface area contributed by atoms with Crippen molar-refractivity contribution in [2.24, 2.45) is 0 Å². The molecule has 0 radical (unpaired) electrons. The van der Waals surface area contributed by atoms with Crippen LogP contribution in [0.3, 0.4) is 0 Å². The SMILES string of the molecule is CCOc1ccccc1O[C@H]1CCC[C@H]1NC(=O)c1cc(C)nc2c1cnn2C(C)C. The lowest BCUT2D eigenvalue weighted by molar-refractivity contribution is 0.0893. The minimum Gasteiger partial charge on any atom is -0.490 e. The molecule has 2 atom stereocenters. The Morgan fingerprint density at radius 2 is 2.03 bits per heavy atom. The molecule has 164 valence electrons. The van der Waals surface area contributed by atoms with Crippen molar-refractivity contribution in [2.75, 3.05) is 6.61 Å². The maximum atomic E-state index is 13.3. The Hall–Kier alpha value is -3.09. The highest BCUT2D eigenvalue weighted by Gasteiger charge is 2.32. The molecule has 4 rings (SSSR count). The molecular weight excluding hydrogens is 392 g/mol. The summed E-state index contributed by atoms with van der Waals surface area (Å²) in [7, 11) is 0. The quantitative estimate of drug-likeness (QED) is 0.609. The molecule has 2 aromatic heterocycles. The largest absolute Gasteiger partial charge is 0.490 e. The van der Waals surface area contributed by atoms with Gasteiger partial charge in [-0.3, -0.25) is 4.79 Å². The summed E-state index contributed by atoms with van der Waals surface area (Å²) in [5.74, 6) is 1.34. The van der Waals surface area contributed by atoms with Gasteiger partial charge in [-0.15, -0.1) is 0 Å². The number of nitrogens with one attached hydrogen (secondary N) is 1. The van der Waals surface area contributed by atoms with E-state index >= 15 is 0 Å². The number of fused-ring (bicyclic) bond motifs is 1. The topological polar surface area (TPSA) is 78.3 Å². The molecule has 1 N–H and O–H groups in total. The smallest absolute Gasteiger partial charge is 0.252 e. The van der Waals surface area contributed by atoms with Gasteiger partial charge in [0.25, 0.3) is 5.91 Å². The molecule has 1 amide bonds. The fourth-order valence-electron chi connectivity index (χ4n) is 4.17. The van der Waals surface area contributed by atoms with Gasteiger partial charge in [-0.25, -0.2) is 9.67 Å². The first kappa shape index (κ1) is 21.2. The summed E-state index contributed by atoms with van der Waals surface area (Å²) in [6.07, 6.45) is 4.41. The number of para-hydroxylation sites is 2. The Labute approximate surface area is 182 Å². The van der Waals surface area contributed by atoms with E-state index in [1.54, 1.807) is 6.20 Å².